The summed E-state index contributed by atoms with van der Waals surface area (Å²) < 4.78 is 29.1. The maximum Gasteiger partial charge on any atom is 0.261 e. The van der Waals surface area contributed by atoms with E-state index in [1.165, 1.54) is 12.1 Å². The summed E-state index contributed by atoms with van der Waals surface area (Å²) in [6.45, 7) is 0. The number of amides is 1. The van der Waals surface area contributed by atoms with Crippen LogP contribution in [0.1, 0.15) is 10.4 Å². The Bertz CT molecular complexity index is 1550. The lowest BCUT2D eigenvalue weighted by Gasteiger charge is -2.13. The van der Waals surface area contributed by atoms with Gasteiger partial charge in [-0.3, -0.25) is 9.52 Å². The van der Waals surface area contributed by atoms with Crippen LogP contribution in [-0.2, 0) is 10.0 Å². The molecule has 1 aromatic heterocycles. The van der Waals surface area contributed by atoms with Crippen molar-refractivity contribution in [2.75, 3.05) is 10.0 Å². The summed E-state index contributed by atoms with van der Waals surface area (Å²) in [7, 11) is -3.83. The first kappa shape index (κ1) is 21.8. The highest BCUT2D eigenvalue weighted by atomic mass is 32.2. The number of para-hydroxylation sites is 2. The third kappa shape index (κ3) is 4.54. The number of sulfonamides is 1. The third-order valence-electron chi connectivity index (χ3n) is 5.15. The average Bonchev–Trinajstić information content (AvgIpc) is 3.29. The Balaban J connectivity index is 1.35. The molecule has 5 rings (SSSR count). The number of nitrogens with one attached hydrogen (secondary N) is 2. The number of hydrogen-bond donors (Lipinski definition) is 2. The van der Waals surface area contributed by atoms with E-state index in [0.29, 0.717) is 5.69 Å². The van der Waals surface area contributed by atoms with Crippen molar-refractivity contribution in [2.24, 2.45) is 0 Å². The summed E-state index contributed by atoms with van der Waals surface area (Å²) in [4.78, 5) is 17.8. The van der Waals surface area contributed by atoms with Crippen LogP contribution >= 0.6 is 11.3 Å². The maximum absolute atomic E-state index is 13.0. The van der Waals surface area contributed by atoms with E-state index in [1.54, 1.807) is 65.9 Å². The number of fused-ring (bicyclic) bond motifs is 1. The summed E-state index contributed by atoms with van der Waals surface area (Å²) in [5, 5.41) is 3.74. The standard InChI is InChI=1S/C26H19N3O3S2/c30-25(21-10-4-5-11-22(21)29-34(31,32)20-8-2-1-3-9-20)27-19-16-14-18(15-17-19)26-28-23-12-6-7-13-24(23)33-26/h1-17,29H,(H,27,30). The Hall–Kier alpha value is -4.01. The van der Waals surface area contributed by atoms with E-state index >= 15 is 0 Å². The molecule has 0 saturated heterocycles. The van der Waals surface area contributed by atoms with E-state index in [9.17, 15) is 13.2 Å². The van der Waals surface area contributed by atoms with E-state index in [2.05, 4.69) is 15.0 Å². The van der Waals surface area contributed by atoms with Crippen molar-refractivity contribution in [3.8, 4) is 10.6 Å². The molecule has 6 nitrogen and oxygen atoms in total. The molecule has 34 heavy (non-hydrogen) atoms. The lowest BCUT2D eigenvalue weighted by molar-refractivity contribution is 0.102. The van der Waals surface area contributed by atoms with Crippen LogP contribution in [0.3, 0.4) is 0 Å². The first-order chi connectivity index (χ1) is 16.5. The fourth-order valence-corrected chi connectivity index (χ4v) is 5.54. The molecule has 1 heterocycles. The molecule has 0 aliphatic heterocycles. The highest BCUT2D eigenvalue weighted by molar-refractivity contribution is 7.92. The van der Waals surface area contributed by atoms with Gasteiger partial charge in [0.2, 0.25) is 0 Å². The highest BCUT2D eigenvalue weighted by Gasteiger charge is 2.18. The molecule has 2 N–H and O–H groups in total. The molecular weight excluding hydrogens is 466 g/mol. The third-order valence-corrected chi connectivity index (χ3v) is 7.62. The van der Waals surface area contributed by atoms with Crippen LogP contribution in [0.5, 0.6) is 0 Å². The maximum atomic E-state index is 13.0. The molecule has 1 amide bonds. The second kappa shape index (κ2) is 9.09. The number of thiazole rings is 1. The molecule has 0 atom stereocenters. The number of aromatic nitrogens is 1. The first-order valence-corrected chi connectivity index (χ1v) is 12.7. The van der Waals surface area contributed by atoms with Crippen molar-refractivity contribution in [1.29, 1.82) is 0 Å². The van der Waals surface area contributed by atoms with E-state index < -0.39 is 15.9 Å². The van der Waals surface area contributed by atoms with Crippen molar-refractivity contribution in [3.63, 3.8) is 0 Å². The molecular formula is C26H19N3O3S2. The van der Waals surface area contributed by atoms with Crippen LogP contribution in [0.4, 0.5) is 11.4 Å². The Morgan fingerprint density at radius 2 is 1.44 bits per heavy atom. The minimum atomic E-state index is -3.83. The van der Waals surface area contributed by atoms with Crippen LogP contribution in [0.25, 0.3) is 20.8 Å². The topological polar surface area (TPSA) is 88.2 Å². The lowest BCUT2D eigenvalue weighted by Crippen LogP contribution is -2.18. The predicted molar refractivity (Wildman–Crippen MR) is 137 cm³/mol. The summed E-state index contributed by atoms with van der Waals surface area (Å²) in [6.07, 6.45) is 0. The van der Waals surface area contributed by atoms with Gasteiger partial charge in [0.15, 0.2) is 0 Å². The summed E-state index contributed by atoms with van der Waals surface area (Å²) in [6, 6.07) is 29.9. The van der Waals surface area contributed by atoms with Gasteiger partial charge in [-0.1, -0.05) is 42.5 Å². The lowest BCUT2D eigenvalue weighted by atomic mass is 10.1. The van der Waals surface area contributed by atoms with E-state index in [4.69, 9.17) is 0 Å². The molecule has 0 bridgehead atoms. The van der Waals surface area contributed by atoms with Gasteiger partial charge >= 0.3 is 0 Å². The van der Waals surface area contributed by atoms with Crippen molar-refractivity contribution >= 4 is 48.9 Å². The van der Waals surface area contributed by atoms with Crippen LogP contribution < -0.4 is 10.0 Å². The normalized spacial score (nSPS) is 11.3. The number of carbonyl (C=O) groups is 1. The minimum absolute atomic E-state index is 0.121. The van der Waals surface area contributed by atoms with Crippen LogP contribution in [0.2, 0.25) is 0 Å². The van der Waals surface area contributed by atoms with E-state index in [1.807, 2.05) is 36.4 Å². The molecule has 0 saturated carbocycles. The first-order valence-electron chi connectivity index (χ1n) is 10.4. The largest absolute Gasteiger partial charge is 0.322 e. The van der Waals surface area contributed by atoms with E-state index in [-0.39, 0.29) is 16.1 Å². The van der Waals surface area contributed by atoms with Gasteiger partial charge < -0.3 is 5.32 Å². The number of carbonyl (C=O) groups excluding carboxylic acids is 1. The second-order valence-corrected chi connectivity index (χ2v) is 10.2. The Morgan fingerprint density at radius 1 is 0.765 bits per heavy atom. The zero-order valence-corrected chi connectivity index (χ0v) is 19.4. The van der Waals surface area contributed by atoms with Gasteiger partial charge in [-0.2, -0.15) is 0 Å². The molecule has 4 aromatic carbocycles. The quantitative estimate of drug-likeness (QED) is 0.308. The van der Waals surface area contributed by atoms with Crippen molar-refractivity contribution in [1.82, 2.24) is 4.98 Å². The number of benzene rings is 4. The van der Waals surface area contributed by atoms with Gasteiger partial charge in [-0.15, -0.1) is 11.3 Å². The van der Waals surface area contributed by atoms with Crippen molar-refractivity contribution in [2.45, 2.75) is 4.90 Å². The SMILES string of the molecule is O=C(Nc1ccc(-c2nc3ccccc3s2)cc1)c1ccccc1NS(=O)(=O)c1ccccc1. The molecule has 0 aliphatic carbocycles. The molecule has 0 radical (unpaired) electrons. The van der Waals surface area contributed by atoms with Crippen LogP contribution in [0, 0.1) is 0 Å². The molecule has 0 spiro atoms. The van der Waals surface area contributed by atoms with E-state index in [0.717, 1.165) is 20.8 Å². The van der Waals surface area contributed by atoms with Gasteiger partial charge in [0.25, 0.3) is 15.9 Å². The van der Waals surface area contributed by atoms with Crippen molar-refractivity contribution < 1.29 is 13.2 Å². The zero-order valence-electron chi connectivity index (χ0n) is 17.8. The molecule has 0 fully saturated rings. The monoisotopic (exact) mass is 485 g/mol. The Kier molecular flexibility index (Phi) is 5.83. The van der Waals surface area contributed by atoms with Gasteiger partial charge in [-0.25, -0.2) is 13.4 Å². The zero-order chi connectivity index (χ0) is 23.5. The van der Waals surface area contributed by atoms with Gasteiger partial charge in [0.1, 0.15) is 5.01 Å². The minimum Gasteiger partial charge on any atom is -0.322 e. The number of rotatable bonds is 6. The molecule has 0 aliphatic rings. The fourth-order valence-electron chi connectivity index (χ4n) is 3.46. The van der Waals surface area contributed by atoms with Crippen LogP contribution in [-0.4, -0.2) is 19.3 Å². The fraction of sp³-hybridized carbons (Fsp3) is 0. The molecule has 0 unspecified atom stereocenters. The number of anilines is 2. The van der Waals surface area contributed by atoms with Crippen LogP contribution in [0.15, 0.2) is 108 Å². The summed E-state index contributed by atoms with van der Waals surface area (Å²) >= 11 is 1.61. The second-order valence-electron chi connectivity index (χ2n) is 7.48. The number of hydrogen-bond acceptors (Lipinski definition) is 5. The average molecular weight is 486 g/mol. The highest BCUT2D eigenvalue weighted by Crippen LogP contribution is 2.30. The van der Waals surface area contributed by atoms with Gasteiger partial charge in [-0.05, 0) is 60.7 Å². The molecule has 5 aromatic rings. The van der Waals surface area contributed by atoms with Gasteiger partial charge in [0, 0.05) is 11.3 Å². The number of nitrogens with zero attached hydrogens (tertiary/aromatic N) is 1. The predicted octanol–water partition coefficient (Wildman–Crippen LogP) is 6.02. The molecule has 168 valence electrons. The van der Waals surface area contributed by atoms with Gasteiger partial charge in [0.05, 0.1) is 26.4 Å². The smallest absolute Gasteiger partial charge is 0.261 e. The summed E-state index contributed by atoms with van der Waals surface area (Å²) in [5.41, 5.74) is 2.92. The van der Waals surface area contributed by atoms with Crippen molar-refractivity contribution in [3.05, 3.63) is 109 Å². The Morgan fingerprint density at radius 3 is 2.21 bits per heavy atom. The molecule has 8 heteroatoms. The summed E-state index contributed by atoms with van der Waals surface area (Å²) in [5.74, 6) is -0.418. The Labute approximate surface area is 201 Å².